The summed E-state index contributed by atoms with van der Waals surface area (Å²) in [6.07, 6.45) is -1.55. The van der Waals surface area contributed by atoms with E-state index < -0.39 is 84.0 Å². The number of nitrogens with two attached hydrogens (primary N) is 1. The summed E-state index contributed by atoms with van der Waals surface area (Å²) < 4.78 is 0. The number of hydrogen-bond acceptors (Lipinski definition) is 9. The van der Waals surface area contributed by atoms with Gasteiger partial charge in [-0.25, -0.2) is 0 Å². The number of nitrogens with one attached hydrogen (secondary N) is 4. The first-order chi connectivity index (χ1) is 18.5. The highest BCUT2D eigenvalue weighted by Crippen LogP contribution is 2.20. The van der Waals surface area contributed by atoms with Gasteiger partial charge in [0.25, 0.3) is 0 Å². The van der Waals surface area contributed by atoms with Crippen LogP contribution in [0.25, 0.3) is 0 Å². The van der Waals surface area contributed by atoms with Gasteiger partial charge in [0.15, 0.2) is 0 Å². The molecule has 228 valence electrons. The third-order valence-corrected chi connectivity index (χ3v) is 6.49. The van der Waals surface area contributed by atoms with Crippen LogP contribution in [-0.2, 0) is 28.8 Å². The average Bonchev–Trinajstić information content (AvgIpc) is 3.34. The van der Waals surface area contributed by atoms with Crippen molar-refractivity contribution in [2.45, 2.75) is 109 Å². The number of carboxylic acids is 1. The highest BCUT2D eigenvalue weighted by Gasteiger charge is 2.40. The molecule has 5 amide bonds. The lowest BCUT2D eigenvalue weighted by Gasteiger charge is -2.31. The predicted molar refractivity (Wildman–Crippen MR) is 142 cm³/mol. The molecule has 1 heterocycles. The Balaban J connectivity index is 2.89. The van der Waals surface area contributed by atoms with Crippen LogP contribution in [-0.4, -0.2) is 111 Å². The maximum atomic E-state index is 13.3. The number of rotatable bonds is 14. The van der Waals surface area contributed by atoms with Crippen molar-refractivity contribution in [1.29, 1.82) is 0 Å². The Morgan fingerprint density at radius 1 is 0.800 bits per heavy atom. The van der Waals surface area contributed by atoms with Crippen molar-refractivity contribution in [3.63, 3.8) is 0 Å². The molecule has 8 atom stereocenters. The second-order valence-electron chi connectivity index (χ2n) is 10.7. The molecule has 0 saturated carbocycles. The SMILES string of the molecule is CC(C)C[C@H](N)C(=O)N[C@H](C(=O)N1CCC[C@H]1C(=O)N[C@@H](C)C(=O)N[C@H](C(=O)N[C@@H](C)C(=O)O)[C@@H](C)O)[C@@H](C)O. The van der Waals surface area contributed by atoms with E-state index in [9.17, 15) is 39.0 Å². The Morgan fingerprint density at radius 2 is 1.35 bits per heavy atom. The smallest absolute Gasteiger partial charge is 0.325 e. The number of carbonyl (C=O) groups excluding carboxylic acids is 5. The normalized spacial score (nSPS) is 20.4. The minimum absolute atomic E-state index is 0.130. The van der Waals surface area contributed by atoms with Gasteiger partial charge in [-0.2, -0.15) is 0 Å². The Kier molecular flexibility index (Phi) is 13.4. The molecule has 0 aliphatic carbocycles. The molecule has 0 spiro atoms. The van der Waals surface area contributed by atoms with Gasteiger partial charge in [-0.3, -0.25) is 28.8 Å². The maximum Gasteiger partial charge on any atom is 0.325 e. The number of nitrogens with zero attached hydrogens (tertiary/aromatic N) is 1. The summed E-state index contributed by atoms with van der Waals surface area (Å²) in [4.78, 5) is 76.1. The summed E-state index contributed by atoms with van der Waals surface area (Å²) >= 11 is 0. The van der Waals surface area contributed by atoms with Crippen molar-refractivity contribution in [1.82, 2.24) is 26.2 Å². The van der Waals surface area contributed by atoms with Gasteiger partial charge in [0.2, 0.25) is 29.5 Å². The zero-order valence-electron chi connectivity index (χ0n) is 23.8. The monoisotopic (exact) mass is 572 g/mol. The largest absolute Gasteiger partial charge is 0.480 e. The number of carboxylic acid groups (broad SMARTS) is 1. The van der Waals surface area contributed by atoms with Gasteiger partial charge in [0.1, 0.15) is 30.2 Å². The van der Waals surface area contributed by atoms with Crippen LogP contribution in [0, 0.1) is 5.92 Å². The summed E-state index contributed by atoms with van der Waals surface area (Å²) in [5.41, 5.74) is 5.90. The molecule has 0 bridgehead atoms. The number of hydrogen-bond donors (Lipinski definition) is 8. The van der Waals surface area contributed by atoms with Crippen LogP contribution >= 0.6 is 0 Å². The number of aliphatic hydroxyl groups is 2. The molecule has 1 fully saturated rings. The molecule has 0 radical (unpaired) electrons. The van der Waals surface area contributed by atoms with E-state index in [1.165, 1.54) is 32.6 Å². The number of amides is 5. The van der Waals surface area contributed by atoms with Crippen LogP contribution in [0.1, 0.15) is 60.8 Å². The molecular weight excluding hydrogens is 528 g/mol. The van der Waals surface area contributed by atoms with Gasteiger partial charge < -0.3 is 47.2 Å². The fourth-order valence-corrected chi connectivity index (χ4v) is 4.17. The van der Waals surface area contributed by atoms with Crippen LogP contribution in [0.3, 0.4) is 0 Å². The predicted octanol–water partition coefficient (Wildman–Crippen LogP) is -2.82. The van der Waals surface area contributed by atoms with Gasteiger partial charge in [0, 0.05) is 6.54 Å². The lowest BCUT2D eigenvalue weighted by molar-refractivity contribution is -0.144. The average molecular weight is 573 g/mol. The van der Waals surface area contributed by atoms with E-state index in [2.05, 4.69) is 21.3 Å². The van der Waals surface area contributed by atoms with E-state index in [1.807, 2.05) is 13.8 Å². The topological polar surface area (TPSA) is 240 Å². The van der Waals surface area contributed by atoms with Crippen molar-refractivity contribution in [3.05, 3.63) is 0 Å². The molecule has 15 heteroatoms. The minimum Gasteiger partial charge on any atom is -0.480 e. The molecule has 0 aromatic rings. The summed E-state index contributed by atoms with van der Waals surface area (Å²) in [6.45, 7) is 9.07. The third-order valence-electron chi connectivity index (χ3n) is 6.49. The van der Waals surface area contributed by atoms with Crippen molar-refractivity contribution in [2.24, 2.45) is 11.7 Å². The van der Waals surface area contributed by atoms with Gasteiger partial charge in [0.05, 0.1) is 18.2 Å². The fourth-order valence-electron chi connectivity index (χ4n) is 4.17. The van der Waals surface area contributed by atoms with E-state index in [1.54, 1.807) is 0 Å². The van der Waals surface area contributed by atoms with Crippen LogP contribution in [0.5, 0.6) is 0 Å². The second-order valence-corrected chi connectivity index (χ2v) is 10.7. The van der Waals surface area contributed by atoms with Crippen molar-refractivity contribution < 1.29 is 44.1 Å². The number of aliphatic carboxylic acids is 1. The highest BCUT2D eigenvalue weighted by atomic mass is 16.4. The molecule has 0 aromatic heterocycles. The van der Waals surface area contributed by atoms with Gasteiger partial charge in [-0.05, 0) is 52.9 Å². The minimum atomic E-state index is -1.49. The Labute approximate surface area is 233 Å². The second kappa shape index (κ2) is 15.5. The first-order valence-corrected chi connectivity index (χ1v) is 13.3. The molecule has 15 nitrogen and oxygen atoms in total. The lowest BCUT2D eigenvalue weighted by atomic mass is 10.0. The van der Waals surface area contributed by atoms with E-state index in [4.69, 9.17) is 10.8 Å². The molecule has 1 saturated heterocycles. The fraction of sp³-hybridized carbons (Fsp3) is 0.760. The highest BCUT2D eigenvalue weighted by molar-refractivity contribution is 5.96. The number of carbonyl (C=O) groups is 6. The van der Waals surface area contributed by atoms with Gasteiger partial charge >= 0.3 is 5.97 Å². The van der Waals surface area contributed by atoms with E-state index >= 15 is 0 Å². The molecular formula is C25H44N6O9. The van der Waals surface area contributed by atoms with E-state index in [-0.39, 0.29) is 18.9 Å². The Hall–Kier alpha value is -3.30. The van der Waals surface area contributed by atoms with E-state index in [0.29, 0.717) is 12.8 Å². The zero-order chi connectivity index (χ0) is 30.9. The molecule has 0 unspecified atom stereocenters. The molecule has 1 aliphatic rings. The van der Waals surface area contributed by atoms with Crippen LogP contribution in [0.4, 0.5) is 0 Å². The van der Waals surface area contributed by atoms with Crippen LogP contribution < -0.4 is 27.0 Å². The Bertz CT molecular complexity index is 942. The quantitative estimate of drug-likeness (QED) is 0.106. The number of aliphatic hydroxyl groups excluding tert-OH is 2. The lowest BCUT2D eigenvalue weighted by Crippen LogP contribution is -2.61. The molecule has 1 aliphatic heterocycles. The maximum absolute atomic E-state index is 13.3. The Morgan fingerprint density at radius 3 is 1.85 bits per heavy atom. The summed E-state index contributed by atoms with van der Waals surface area (Å²) in [6, 6.07) is -7.16. The van der Waals surface area contributed by atoms with Gasteiger partial charge in [-0.1, -0.05) is 13.8 Å². The van der Waals surface area contributed by atoms with Crippen molar-refractivity contribution in [3.8, 4) is 0 Å². The van der Waals surface area contributed by atoms with Crippen molar-refractivity contribution >= 4 is 35.5 Å². The number of likely N-dealkylation sites (tertiary alicyclic amines) is 1. The molecule has 40 heavy (non-hydrogen) atoms. The summed E-state index contributed by atoms with van der Waals surface area (Å²) in [5, 5.41) is 38.5. The first kappa shape index (κ1) is 34.7. The van der Waals surface area contributed by atoms with Crippen LogP contribution in [0.2, 0.25) is 0 Å². The van der Waals surface area contributed by atoms with Crippen molar-refractivity contribution in [2.75, 3.05) is 6.54 Å². The zero-order valence-corrected chi connectivity index (χ0v) is 23.8. The summed E-state index contributed by atoms with van der Waals surface area (Å²) in [5.74, 6) is -4.88. The molecule has 1 rings (SSSR count). The first-order valence-electron chi connectivity index (χ1n) is 13.3. The van der Waals surface area contributed by atoms with Crippen LogP contribution in [0.15, 0.2) is 0 Å². The van der Waals surface area contributed by atoms with E-state index in [0.717, 1.165) is 0 Å². The third kappa shape index (κ3) is 10.0. The molecule has 9 N–H and O–H groups in total. The van der Waals surface area contributed by atoms with Gasteiger partial charge in [-0.15, -0.1) is 0 Å². The molecule has 0 aromatic carbocycles. The summed E-state index contributed by atoms with van der Waals surface area (Å²) in [7, 11) is 0. The standard InChI is InChI=1S/C25H44N6O9/c1-11(2)10-16(26)21(35)30-19(15(6)33)24(38)31-9-7-8-17(31)22(36)27-12(3)20(34)29-18(14(5)32)23(37)28-13(4)25(39)40/h11-19,32-33H,7-10,26H2,1-6H3,(H,27,36)(H,28,37)(H,29,34)(H,30,35)(H,39,40)/t12-,13-,14+,15+,16-,17-,18-,19-/m0/s1.